The minimum atomic E-state index is 0.0650. The highest BCUT2D eigenvalue weighted by Gasteiger charge is 2.19. The van der Waals surface area contributed by atoms with Crippen molar-refractivity contribution in [3.05, 3.63) is 17.3 Å². The predicted octanol–water partition coefficient (Wildman–Crippen LogP) is 0.932. The third kappa shape index (κ3) is 2.15. The average Bonchev–Trinajstić information content (AvgIpc) is 2.90. The molecule has 0 fully saturated rings. The summed E-state index contributed by atoms with van der Waals surface area (Å²) in [5, 5.41) is 14.4. The molecule has 2 N–H and O–H groups in total. The van der Waals surface area contributed by atoms with Crippen LogP contribution in [0.3, 0.4) is 0 Å². The van der Waals surface area contributed by atoms with E-state index in [9.17, 15) is 5.11 Å². The second kappa shape index (κ2) is 5.03. The van der Waals surface area contributed by atoms with Gasteiger partial charge in [0.25, 0.3) is 0 Å². The topological polar surface area (TPSA) is 52.8 Å². The molecule has 2 rings (SSSR count). The highest BCUT2D eigenvalue weighted by Crippen LogP contribution is 2.24. The summed E-state index contributed by atoms with van der Waals surface area (Å²) in [5.41, 5.74) is 1.13. The molecule has 0 aromatic carbocycles. The van der Waals surface area contributed by atoms with Crippen LogP contribution in [0.25, 0.3) is 4.96 Å². The van der Waals surface area contributed by atoms with Crippen LogP contribution in [0.1, 0.15) is 12.6 Å². The maximum Gasteiger partial charge on any atom is 0.195 e. The van der Waals surface area contributed by atoms with Gasteiger partial charge in [0.1, 0.15) is 0 Å². The number of thiazole rings is 1. The van der Waals surface area contributed by atoms with Gasteiger partial charge in [-0.15, -0.1) is 11.3 Å². The van der Waals surface area contributed by atoms with Crippen LogP contribution in [0.15, 0.2) is 11.6 Å². The van der Waals surface area contributed by atoms with Gasteiger partial charge in [0.05, 0.1) is 18.3 Å². The maximum atomic E-state index is 9.22. The zero-order chi connectivity index (χ0) is 12.4. The molecule has 17 heavy (non-hydrogen) atoms. The van der Waals surface area contributed by atoms with Crippen LogP contribution in [0.2, 0.25) is 0 Å². The summed E-state index contributed by atoms with van der Waals surface area (Å²) in [4.78, 5) is 7.62. The molecular formula is C11H18N4OS. The normalized spacial score (nSPS) is 13.2. The molecular weight excluding hydrogens is 236 g/mol. The number of nitrogens with one attached hydrogen (secondary N) is 1. The van der Waals surface area contributed by atoms with E-state index in [2.05, 4.69) is 14.7 Å². The minimum Gasteiger partial charge on any atom is -0.394 e. The Kier molecular flexibility index (Phi) is 3.66. The summed E-state index contributed by atoms with van der Waals surface area (Å²) >= 11 is 1.62. The highest BCUT2D eigenvalue weighted by molar-refractivity contribution is 7.15. The Morgan fingerprint density at radius 3 is 3.06 bits per heavy atom. The fourth-order valence-corrected chi connectivity index (χ4v) is 2.49. The smallest absolute Gasteiger partial charge is 0.195 e. The van der Waals surface area contributed by atoms with Crippen LogP contribution >= 0.6 is 11.3 Å². The number of aliphatic hydroxyl groups is 1. The van der Waals surface area contributed by atoms with Gasteiger partial charge in [0.2, 0.25) is 0 Å². The molecule has 5 nitrogen and oxygen atoms in total. The van der Waals surface area contributed by atoms with Crippen molar-refractivity contribution in [3.8, 4) is 0 Å². The van der Waals surface area contributed by atoms with E-state index in [1.54, 1.807) is 11.3 Å². The molecule has 1 atom stereocenters. The molecule has 0 spiro atoms. The van der Waals surface area contributed by atoms with Crippen molar-refractivity contribution in [1.29, 1.82) is 0 Å². The number of fused-ring (bicyclic) bond motifs is 1. The lowest BCUT2D eigenvalue weighted by atomic mass is 10.3. The first-order chi connectivity index (χ1) is 8.19. The van der Waals surface area contributed by atoms with Gasteiger partial charge >= 0.3 is 0 Å². The first kappa shape index (κ1) is 12.3. The van der Waals surface area contributed by atoms with Crippen LogP contribution < -0.4 is 10.2 Å². The van der Waals surface area contributed by atoms with E-state index in [0.717, 1.165) is 23.0 Å². The van der Waals surface area contributed by atoms with Gasteiger partial charge in [0.15, 0.2) is 10.8 Å². The summed E-state index contributed by atoms with van der Waals surface area (Å²) in [6.07, 6.45) is 2.03. The summed E-state index contributed by atoms with van der Waals surface area (Å²) in [7, 11) is 3.89. The fraction of sp³-hybridized carbons (Fsp3) is 0.545. The quantitative estimate of drug-likeness (QED) is 0.833. The number of rotatable bonds is 5. The van der Waals surface area contributed by atoms with Gasteiger partial charge in [-0.25, -0.2) is 4.98 Å². The Morgan fingerprint density at radius 2 is 2.41 bits per heavy atom. The molecule has 2 aromatic rings. The lowest BCUT2D eigenvalue weighted by molar-refractivity contribution is 0.269. The molecule has 0 aliphatic rings. The zero-order valence-corrected chi connectivity index (χ0v) is 11.2. The Balaban J connectivity index is 2.44. The molecule has 0 saturated heterocycles. The number of likely N-dealkylation sites (N-methyl/N-ethyl adjacent to an activating group) is 1. The maximum absolute atomic E-state index is 9.22. The van der Waals surface area contributed by atoms with E-state index in [-0.39, 0.29) is 12.6 Å². The van der Waals surface area contributed by atoms with E-state index in [1.807, 2.05) is 37.5 Å². The molecule has 6 heteroatoms. The van der Waals surface area contributed by atoms with Crippen molar-refractivity contribution < 1.29 is 5.11 Å². The molecule has 0 radical (unpaired) electrons. The first-order valence-electron chi connectivity index (χ1n) is 5.61. The lowest BCUT2D eigenvalue weighted by Crippen LogP contribution is -2.33. The molecule has 1 unspecified atom stereocenters. The number of imidazole rings is 1. The molecule has 0 saturated carbocycles. The van der Waals surface area contributed by atoms with Gasteiger partial charge in [-0.05, 0) is 14.0 Å². The Bertz CT molecular complexity index is 493. The number of hydrogen-bond acceptors (Lipinski definition) is 5. The van der Waals surface area contributed by atoms with Crippen LogP contribution in [0.4, 0.5) is 5.82 Å². The van der Waals surface area contributed by atoms with E-state index in [1.165, 1.54) is 0 Å². The second-order valence-corrected chi connectivity index (χ2v) is 4.98. The number of aliphatic hydroxyl groups excluding tert-OH is 1. The molecule has 0 aliphatic heterocycles. The number of nitrogens with zero attached hydrogens (tertiary/aromatic N) is 3. The monoisotopic (exact) mass is 254 g/mol. The standard InChI is InChI=1S/C11H18N4OS/c1-8(7-16)14(3)10-9(6-12-2)15-4-5-17-11(15)13-10/h4-5,8,12,16H,6-7H2,1-3H3. The van der Waals surface area contributed by atoms with Gasteiger partial charge in [-0.3, -0.25) is 4.40 Å². The van der Waals surface area contributed by atoms with Crippen molar-refractivity contribution in [2.45, 2.75) is 19.5 Å². The molecule has 94 valence electrons. The van der Waals surface area contributed by atoms with Crippen molar-refractivity contribution in [2.75, 3.05) is 25.6 Å². The summed E-state index contributed by atoms with van der Waals surface area (Å²) in [5.74, 6) is 0.938. The van der Waals surface area contributed by atoms with Crippen molar-refractivity contribution in [1.82, 2.24) is 14.7 Å². The van der Waals surface area contributed by atoms with E-state index in [4.69, 9.17) is 0 Å². The van der Waals surface area contributed by atoms with E-state index < -0.39 is 0 Å². The lowest BCUT2D eigenvalue weighted by Gasteiger charge is -2.24. The number of anilines is 1. The third-order valence-electron chi connectivity index (χ3n) is 2.94. The molecule has 0 bridgehead atoms. The number of aromatic nitrogens is 2. The average molecular weight is 254 g/mol. The SMILES string of the molecule is CNCc1c(N(C)C(C)CO)nc2sccn12. The van der Waals surface area contributed by atoms with Gasteiger partial charge in [-0.2, -0.15) is 0 Å². The Morgan fingerprint density at radius 1 is 1.65 bits per heavy atom. The second-order valence-electron chi connectivity index (χ2n) is 4.11. The molecule has 2 heterocycles. The fourth-order valence-electron chi connectivity index (χ4n) is 1.77. The van der Waals surface area contributed by atoms with Crippen LogP contribution in [-0.2, 0) is 6.54 Å². The summed E-state index contributed by atoms with van der Waals surface area (Å²) in [6, 6.07) is 0.0650. The molecule has 0 amide bonds. The molecule has 2 aromatic heterocycles. The third-order valence-corrected chi connectivity index (χ3v) is 3.70. The van der Waals surface area contributed by atoms with Gasteiger partial charge in [0, 0.05) is 25.2 Å². The largest absolute Gasteiger partial charge is 0.394 e. The van der Waals surface area contributed by atoms with Crippen LogP contribution in [0.5, 0.6) is 0 Å². The zero-order valence-electron chi connectivity index (χ0n) is 10.3. The van der Waals surface area contributed by atoms with E-state index in [0.29, 0.717) is 0 Å². The van der Waals surface area contributed by atoms with Crippen molar-refractivity contribution in [3.63, 3.8) is 0 Å². The van der Waals surface area contributed by atoms with Gasteiger partial charge in [-0.1, -0.05) is 0 Å². The Hall–Kier alpha value is -1.11. The van der Waals surface area contributed by atoms with Crippen molar-refractivity contribution >= 4 is 22.1 Å². The molecule has 0 aliphatic carbocycles. The van der Waals surface area contributed by atoms with Crippen molar-refractivity contribution in [2.24, 2.45) is 0 Å². The van der Waals surface area contributed by atoms with E-state index >= 15 is 0 Å². The Labute approximate surface area is 105 Å². The van der Waals surface area contributed by atoms with Crippen LogP contribution in [-0.4, -0.2) is 41.2 Å². The highest BCUT2D eigenvalue weighted by atomic mass is 32.1. The van der Waals surface area contributed by atoms with Gasteiger partial charge < -0.3 is 15.3 Å². The minimum absolute atomic E-state index is 0.0650. The summed E-state index contributed by atoms with van der Waals surface area (Å²) < 4.78 is 2.09. The van der Waals surface area contributed by atoms with Crippen LogP contribution in [0, 0.1) is 0 Å². The summed E-state index contributed by atoms with van der Waals surface area (Å²) in [6.45, 7) is 2.87. The predicted molar refractivity (Wildman–Crippen MR) is 70.8 cm³/mol. The number of hydrogen-bond donors (Lipinski definition) is 2. The first-order valence-corrected chi connectivity index (χ1v) is 6.49.